The van der Waals surface area contributed by atoms with Crippen LogP contribution in [-0.2, 0) is 35.5 Å². The summed E-state index contributed by atoms with van der Waals surface area (Å²) in [6.07, 6.45) is 0.346. The molecular weight excluding hydrogens is 619 g/mol. The molecule has 4 rings (SSSR count). The van der Waals surface area contributed by atoms with Crippen molar-refractivity contribution in [1.29, 1.82) is 0 Å². The lowest BCUT2D eigenvalue weighted by molar-refractivity contribution is -0.130. The van der Waals surface area contributed by atoms with E-state index in [1.165, 1.54) is 11.3 Å². The summed E-state index contributed by atoms with van der Waals surface area (Å²) in [6.45, 7) is 3.10. The predicted molar refractivity (Wildman–Crippen MR) is 175 cm³/mol. The minimum atomic E-state index is -0.968. The van der Waals surface area contributed by atoms with E-state index in [9.17, 15) is 14.4 Å². The van der Waals surface area contributed by atoms with Gasteiger partial charge in [-0.2, -0.15) is 0 Å². The van der Waals surface area contributed by atoms with Crippen LogP contribution >= 0.6 is 34.5 Å². The van der Waals surface area contributed by atoms with Crippen molar-refractivity contribution < 1.29 is 19.1 Å². The van der Waals surface area contributed by atoms with Gasteiger partial charge in [-0.1, -0.05) is 71.7 Å². The fraction of sp³-hybridized carbons (Fsp3) is 0.242. The highest BCUT2D eigenvalue weighted by molar-refractivity contribution is 7.12. The van der Waals surface area contributed by atoms with Gasteiger partial charge in [0.25, 0.3) is 5.91 Å². The lowest BCUT2D eigenvalue weighted by Crippen LogP contribution is -2.55. The van der Waals surface area contributed by atoms with E-state index in [-0.39, 0.29) is 25.3 Å². The number of ether oxygens (including phenoxy) is 1. The van der Waals surface area contributed by atoms with Crippen LogP contribution in [0.25, 0.3) is 0 Å². The highest BCUT2D eigenvalue weighted by atomic mass is 35.5. The molecular formula is C33H34Cl2N4O4S. The van der Waals surface area contributed by atoms with Crippen LogP contribution in [0.5, 0.6) is 5.75 Å². The highest BCUT2D eigenvalue weighted by Gasteiger charge is 2.28. The molecule has 0 spiro atoms. The first kappa shape index (κ1) is 33.0. The molecule has 0 saturated carbocycles. The quantitative estimate of drug-likeness (QED) is 0.147. The minimum absolute atomic E-state index is 0.148. The van der Waals surface area contributed by atoms with E-state index in [2.05, 4.69) is 16.0 Å². The number of amides is 3. The van der Waals surface area contributed by atoms with Crippen molar-refractivity contribution in [2.24, 2.45) is 5.73 Å². The number of carbonyl (C=O) groups is 3. The first-order valence-electron chi connectivity index (χ1n) is 14.1. The lowest BCUT2D eigenvalue weighted by Gasteiger charge is -2.24. The fourth-order valence-corrected chi connectivity index (χ4v) is 5.41. The minimum Gasteiger partial charge on any atom is -0.494 e. The zero-order valence-electron chi connectivity index (χ0n) is 24.1. The first-order valence-corrected chi connectivity index (χ1v) is 15.7. The van der Waals surface area contributed by atoms with Crippen molar-refractivity contribution in [1.82, 2.24) is 16.0 Å². The Morgan fingerprint density at radius 1 is 0.795 bits per heavy atom. The van der Waals surface area contributed by atoms with Crippen molar-refractivity contribution in [3.8, 4) is 5.75 Å². The monoisotopic (exact) mass is 652 g/mol. The third-order valence-corrected chi connectivity index (χ3v) is 8.43. The maximum atomic E-state index is 13.8. The van der Waals surface area contributed by atoms with Crippen molar-refractivity contribution in [3.05, 3.63) is 121 Å². The normalized spacial score (nSPS) is 12.2. The second-order valence-corrected chi connectivity index (χ2v) is 11.8. The molecule has 0 fully saturated rings. The number of thiophene rings is 1. The molecule has 3 aromatic carbocycles. The van der Waals surface area contributed by atoms with E-state index >= 15 is 0 Å². The van der Waals surface area contributed by atoms with Crippen LogP contribution < -0.4 is 26.4 Å². The number of nitrogens with one attached hydrogen (secondary N) is 3. The molecule has 0 unspecified atom stereocenters. The van der Waals surface area contributed by atoms with Gasteiger partial charge in [-0.25, -0.2) is 0 Å². The Kier molecular flexibility index (Phi) is 12.2. The van der Waals surface area contributed by atoms with E-state index in [1.54, 1.807) is 35.7 Å². The number of hydrogen-bond donors (Lipinski definition) is 4. The Balaban J connectivity index is 1.55. The molecule has 2 atom stereocenters. The number of hydrogen-bond acceptors (Lipinski definition) is 6. The SMILES string of the molecule is CCOc1ccc(C[C@@H](NC(=O)c2cccs2)C(=O)N[C@@H](Cc2ccc(Cl)c(Cl)c2)C(=O)NCc2ccc(CN)cc2)cc1. The average Bonchev–Trinajstić information content (AvgIpc) is 3.58. The molecule has 0 radical (unpaired) electrons. The van der Waals surface area contributed by atoms with Gasteiger partial charge in [0.05, 0.1) is 21.5 Å². The Hall–Kier alpha value is -3.89. The van der Waals surface area contributed by atoms with Gasteiger partial charge in [0.15, 0.2) is 0 Å². The molecule has 0 bridgehead atoms. The molecule has 1 aromatic heterocycles. The second-order valence-electron chi connectivity index (χ2n) is 10.0. The van der Waals surface area contributed by atoms with Crippen LogP contribution in [0.3, 0.4) is 0 Å². The number of rotatable bonds is 14. The maximum absolute atomic E-state index is 13.8. The molecule has 4 aromatic rings. The van der Waals surface area contributed by atoms with Crippen LogP contribution in [0.4, 0.5) is 0 Å². The number of nitrogens with two attached hydrogens (primary N) is 1. The van der Waals surface area contributed by atoms with Crippen LogP contribution in [0.1, 0.15) is 38.8 Å². The number of halogens is 2. The fourth-order valence-electron chi connectivity index (χ4n) is 4.46. The molecule has 0 saturated heterocycles. The van der Waals surface area contributed by atoms with Gasteiger partial charge in [0.2, 0.25) is 11.8 Å². The van der Waals surface area contributed by atoms with E-state index in [4.69, 9.17) is 33.7 Å². The summed E-state index contributed by atoms with van der Waals surface area (Å²) in [7, 11) is 0. The third kappa shape index (κ3) is 9.56. The van der Waals surface area contributed by atoms with Gasteiger partial charge in [0.1, 0.15) is 17.8 Å². The van der Waals surface area contributed by atoms with Crippen molar-refractivity contribution >= 4 is 52.3 Å². The molecule has 0 aliphatic rings. The Morgan fingerprint density at radius 2 is 1.43 bits per heavy atom. The first-order chi connectivity index (χ1) is 21.2. The summed E-state index contributed by atoms with van der Waals surface area (Å²) in [5, 5.41) is 11.2. The largest absolute Gasteiger partial charge is 0.494 e. The van der Waals surface area contributed by atoms with E-state index < -0.39 is 23.9 Å². The predicted octanol–water partition coefficient (Wildman–Crippen LogP) is 5.30. The van der Waals surface area contributed by atoms with Gasteiger partial charge in [-0.05, 0) is 64.9 Å². The zero-order chi connectivity index (χ0) is 31.5. The zero-order valence-corrected chi connectivity index (χ0v) is 26.5. The molecule has 8 nitrogen and oxygen atoms in total. The molecule has 0 aliphatic heterocycles. The van der Waals surface area contributed by atoms with Gasteiger partial charge in [-0.3, -0.25) is 14.4 Å². The molecule has 0 aliphatic carbocycles. The Labute approximate surface area is 270 Å². The van der Waals surface area contributed by atoms with Gasteiger partial charge in [-0.15, -0.1) is 11.3 Å². The molecule has 44 heavy (non-hydrogen) atoms. The standard InChI is InChI=1S/C33H34Cl2N4O4S/c1-2-43-25-12-9-21(10-13-25)17-29(39-33(42)30-4-3-15-44-30)32(41)38-28(18-24-11-14-26(34)27(35)16-24)31(40)37-20-23-7-5-22(19-36)6-8-23/h3-16,28-29H,2,17-20,36H2,1H3,(H,37,40)(H,38,41)(H,39,42)/t28-,29+/m0/s1. The topological polar surface area (TPSA) is 123 Å². The third-order valence-electron chi connectivity index (χ3n) is 6.82. The van der Waals surface area contributed by atoms with Gasteiger partial charge >= 0.3 is 0 Å². The second kappa shape index (κ2) is 16.3. The highest BCUT2D eigenvalue weighted by Crippen LogP contribution is 2.23. The van der Waals surface area contributed by atoms with Crippen LogP contribution in [0.15, 0.2) is 84.2 Å². The molecule has 1 heterocycles. The van der Waals surface area contributed by atoms with Crippen molar-refractivity contribution in [2.45, 2.75) is 44.9 Å². The molecule has 5 N–H and O–H groups in total. The smallest absolute Gasteiger partial charge is 0.262 e. The summed E-state index contributed by atoms with van der Waals surface area (Å²) in [4.78, 5) is 40.8. The summed E-state index contributed by atoms with van der Waals surface area (Å²) < 4.78 is 5.53. The van der Waals surface area contributed by atoms with E-state index in [0.29, 0.717) is 39.4 Å². The van der Waals surface area contributed by atoms with Crippen LogP contribution in [0, 0.1) is 0 Å². The number of benzene rings is 3. The molecule has 11 heteroatoms. The van der Waals surface area contributed by atoms with Crippen LogP contribution in [0.2, 0.25) is 10.0 Å². The van der Waals surface area contributed by atoms with Crippen molar-refractivity contribution in [3.63, 3.8) is 0 Å². The van der Waals surface area contributed by atoms with E-state index in [1.807, 2.05) is 55.5 Å². The average molecular weight is 654 g/mol. The van der Waals surface area contributed by atoms with Crippen LogP contribution in [-0.4, -0.2) is 36.4 Å². The summed E-state index contributed by atoms with van der Waals surface area (Å²) >= 11 is 13.6. The summed E-state index contributed by atoms with van der Waals surface area (Å²) in [5.41, 5.74) is 9.07. The Bertz CT molecular complexity index is 1550. The molecule has 230 valence electrons. The van der Waals surface area contributed by atoms with Gasteiger partial charge < -0.3 is 26.4 Å². The Morgan fingerprint density at radius 3 is 2.07 bits per heavy atom. The summed E-state index contributed by atoms with van der Waals surface area (Å²) in [6, 6.07) is 21.5. The van der Waals surface area contributed by atoms with E-state index in [0.717, 1.165) is 16.7 Å². The van der Waals surface area contributed by atoms with Crippen molar-refractivity contribution in [2.75, 3.05) is 6.61 Å². The maximum Gasteiger partial charge on any atom is 0.262 e. The number of carbonyl (C=O) groups excluding carboxylic acids is 3. The lowest BCUT2D eigenvalue weighted by atomic mass is 10.0. The summed E-state index contributed by atoms with van der Waals surface area (Å²) in [5.74, 6) is -0.568. The van der Waals surface area contributed by atoms with Gasteiger partial charge in [0, 0.05) is 25.9 Å². The molecule has 3 amide bonds.